The van der Waals surface area contributed by atoms with E-state index in [1.807, 2.05) is 12.1 Å². The molecular formula is C16H28IN3O. The summed E-state index contributed by atoms with van der Waals surface area (Å²) >= 11 is 0. The Balaban J connectivity index is 0.00000400. The number of ether oxygens (including phenoxy) is 1. The summed E-state index contributed by atoms with van der Waals surface area (Å²) in [5, 5.41) is 0. The van der Waals surface area contributed by atoms with E-state index >= 15 is 0 Å². The molecule has 0 aromatic heterocycles. The molecule has 0 spiro atoms. The number of hydrogen-bond donors (Lipinski definition) is 1. The second-order valence-corrected chi connectivity index (χ2v) is 4.78. The third-order valence-electron chi connectivity index (χ3n) is 3.20. The van der Waals surface area contributed by atoms with E-state index in [0.29, 0.717) is 5.96 Å². The monoisotopic (exact) mass is 405 g/mol. The molecule has 1 rings (SSSR count). The van der Waals surface area contributed by atoms with Crippen molar-refractivity contribution < 1.29 is 4.74 Å². The Morgan fingerprint density at radius 2 is 1.76 bits per heavy atom. The number of aliphatic imine (C=N–C) groups is 1. The minimum atomic E-state index is 0. The van der Waals surface area contributed by atoms with Gasteiger partial charge in [-0.3, -0.25) is 4.99 Å². The maximum Gasteiger partial charge on any atom is 0.191 e. The second kappa shape index (κ2) is 11.7. The fraction of sp³-hybridized carbons (Fsp3) is 0.562. The molecule has 0 fully saturated rings. The predicted octanol–water partition coefficient (Wildman–Crippen LogP) is 3.43. The molecule has 0 bridgehead atoms. The molecule has 0 atom stereocenters. The minimum absolute atomic E-state index is 0. The number of hydrogen-bond acceptors (Lipinski definition) is 2. The Hall–Kier alpha value is -0.980. The van der Waals surface area contributed by atoms with Crippen LogP contribution in [0.1, 0.15) is 32.3 Å². The van der Waals surface area contributed by atoms with Crippen molar-refractivity contribution >= 4 is 29.9 Å². The molecule has 120 valence electrons. The van der Waals surface area contributed by atoms with Crippen LogP contribution in [0.4, 0.5) is 0 Å². The van der Waals surface area contributed by atoms with Crippen molar-refractivity contribution in [3.05, 3.63) is 29.8 Å². The molecule has 0 aliphatic rings. The van der Waals surface area contributed by atoms with E-state index in [1.54, 1.807) is 0 Å². The third kappa shape index (κ3) is 8.14. The van der Waals surface area contributed by atoms with Gasteiger partial charge in [-0.15, -0.1) is 24.0 Å². The molecule has 0 saturated carbocycles. The molecule has 1 aromatic carbocycles. The van der Waals surface area contributed by atoms with Gasteiger partial charge in [0.1, 0.15) is 5.75 Å². The van der Waals surface area contributed by atoms with E-state index in [0.717, 1.165) is 44.8 Å². The lowest BCUT2D eigenvalue weighted by atomic mass is 10.2. The van der Waals surface area contributed by atoms with Gasteiger partial charge in [0.15, 0.2) is 5.96 Å². The molecule has 0 aliphatic carbocycles. The molecular weight excluding hydrogens is 377 g/mol. The summed E-state index contributed by atoms with van der Waals surface area (Å²) in [5.41, 5.74) is 7.15. The zero-order chi connectivity index (χ0) is 14.8. The SMILES string of the molecule is CCN(CC)C(N)=NCCCCOc1ccc(C)cc1.I. The standard InChI is InChI=1S/C16H27N3O.HI/c1-4-19(5-2)16(17)18-12-6-7-13-20-15-10-8-14(3)9-11-15;/h8-11H,4-7,12-13H2,1-3H3,(H2,17,18);1H. The molecule has 0 aliphatic heterocycles. The van der Waals surface area contributed by atoms with Crippen LogP contribution in [0.5, 0.6) is 5.75 Å². The van der Waals surface area contributed by atoms with Crippen molar-refractivity contribution in [1.82, 2.24) is 4.90 Å². The van der Waals surface area contributed by atoms with Crippen LogP contribution in [0.25, 0.3) is 0 Å². The summed E-state index contributed by atoms with van der Waals surface area (Å²) in [4.78, 5) is 6.45. The van der Waals surface area contributed by atoms with Crippen molar-refractivity contribution in [2.24, 2.45) is 10.7 Å². The topological polar surface area (TPSA) is 50.8 Å². The van der Waals surface area contributed by atoms with Crippen molar-refractivity contribution in [3.8, 4) is 5.75 Å². The van der Waals surface area contributed by atoms with Gasteiger partial charge in [0.25, 0.3) is 0 Å². The van der Waals surface area contributed by atoms with Crippen molar-refractivity contribution in [2.45, 2.75) is 33.6 Å². The number of rotatable bonds is 8. The second-order valence-electron chi connectivity index (χ2n) is 4.78. The Kier molecular flexibility index (Phi) is 11.1. The maximum absolute atomic E-state index is 5.90. The number of nitrogens with two attached hydrogens (primary N) is 1. The van der Waals surface area contributed by atoms with E-state index in [2.05, 4.69) is 42.8 Å². The van der Waals surface area contributed by atoms with Crippen LogP contribution in [-0.4, -0.2) is 37.1 Å². The molecule has 21 heavy (non-hydrogen) atoms. The van der Waals surface area contributed by atoms with Crippen molar-refractivity contribution in [3.63, 3.8) is 0 Å². The highest BCUT2D eigenvalue weighted by atomic mass is 127. The number of nitrogens with zero attached hydrogens (tertiary/aromatic N) is 2. The maximum atomic E-state index is 5.90. The first-order valence-electron chi connectivity index (χ1n) is 7.41. The average Bonchev–Trinajstić information content (AvgIpc) is 2.46. The zero-order valence-corrected chi connectivity index (χ0v) is 15.7. The summed E-state index contributed by atoms with van der Waals surface area (Å²) < 4.78 is 5.67. The summed E-state index contributed by atoms with van der Waals surface area (Å²) in [6, 6.07) is 8.13. The normalized spacial score (nSPS) is 10.9. The van der Waals surface area contributed by atoms with Gasteiger partial charge in [0, 0.05) is 19.6 Å². The first-order valence-corrected chi connectivity index (χ1v) is 7.41. The number of benzene rings is 1. The van der Waals surface area contributed by atoms with Gasteiger partial charge in [0.2, 0.25) is 0 Å². The fourth-order valence-electron chi connectivity index (χ4n) is 1.88. The largest absolute Gasteiger partial charge is 0.494 e. The Morgan fingerprint density at radius 3 is 2.33 bits per heavy atom. The molecule has 2 N–H and O–H groups in total. The van der Waals surface area contributed by atoms with E-state index < -0.39 is 0 Å². The van der Waals surface area contributed by atoms with Gasteiger partial charge in [-0.1, -0.05) is 17.7 Å². The Labute approximate surface area is 145 Å². The molecule has 0 amide bonds. The fourth-order valence-corrected chi connectivity index (χ4v) is 1.88. The van der Waals surface area contributed by atoms with Crippen LogP contribution in [0, 0.1) is 6.92 Å². The average molecular weight is 405 g/mol. The summed E-state index contributed by atoms with van der Waals surface area (Å²) in [5.74, 6) is 1.58. The minimum Gasteiger partial charge on any atom is -0.494 e. The first-order chi connectivity index (χ1) is 9.67. The van der Waals surface area contributed by atoms with Crippen molar-refractivity contribution in [1.29, 1.82) is 0 Å². The number of unbranched alkanes of at least 4 members (excludes halogenated alkanes) is 1. The van der Waals surface area contributed by atoms with Gasteiger partial charge in [-0.2, -0.15) is 0 Å². The molecule has 5 heteroatoms. The van der Waals surface area contributed by atoms with Gasteiger partial charge in [0.05, 0.1) is 6.61 Å². The summed E-state index contributed by atoms with van der Waals surface area (Å²) in [6.07, 6.45) is 1.98. The van der Waals surface area contributed by atoms with Crippen LogP contribution in [-0.2, 0) is 0 Å². The van der Waals surface area contributed by atoms with Crippen LogP contribution in [0.15, 0.2) is 29.3 Å². The highest BCUT2D eigenvalue weighted by Crippen LogP contribution is 2.11. The summed E-state index contributed by atoms with van der Waals surface area (Å²) in [7, 11) is 0. The lowest BCUT2D eigenvalue weighted by Crippen LogP contribution is -2.37. The van der Waals surface area contributed by atoms with E-state index in [9.17, 15) is 0 Å². The van der Waals surface area contributed by atoms with Gasteiger partial charge >= 0.3 is 0 Å². The summed E-state index contributed by atoms with van der Waals surface area (Å²) in [6.45, 7) is 9.54. The lowest BCUT2D eigenvalue weighted by Gasteiger charge is -2.19. The molecule has 0 radical (unpaired) electrons. The lowest BCUT2D eigenvalue weighted by molar-refractivity contribution is 0.307. The van der Waals surface area contributed by atoms with E-state index in [1.165, 1.54) is 5.56 Å². The van der Waals surface area contributed by atoms with Gasteiger partial charge < -0.3 is 15.4 Å². The highest BCUT2D eigenvalue weighted by molar-refractivity contribution is 14.0. The molecule has 0 saturated heterocycles. The number of aryl methyl sites for hydroxylation is 1. The zero-order valence-electron chi connectivity index (χ0n) is 13.3. The van der Waals surface area contributed by atoms with Crippen LogP contribution >= 0.6 is 24.0 Å². The smallest absolute Gasteiger partial charge is 0.191 e. The van der Waals surface area contributed by atoms with Crippen molar-refractivity contribution in [2.75, 3.05) is 26.2 Å². The van der Waals surface area contributed by atoms with Crippen LogP contribution in [0.2, 0.25) is 0 Å². The Morgan fingerprint density at radius 1 is 1.14 bits per heavy atom. The first kappa shape index (κ1) is 20.0. The molecule has 0 heterocycles. The van der Waals surface area contributed by atoms with Gasteiger partial charge in [-0.05, 0) is 45.7 Å². The van der Waals surface area contributed by atoms with Gasteiger partial charge in [-0.25, -0.2) is 0 Å². The molecule has 4 nitrogen and oxygen atoms in total. The predicted molar refractivity (Wildman–Crippen MR) is 101 cm³/mol. The molecule has 0 unspecified atom stereocenters. The quantitative estimate of drug-likeness (QED) is 0.312. The Bertz CT molecular complexity index is 402. The number of guanidine groups is 1. The van der Waals surface area contributed by atoms with Crippen LogP contribution in [0.3, 0.4) is 0 Å². The third-order valence-corrected chi connectivity index (χ3v) is 3.20. The van der Waals surface area contributed by atoms with E-state index in [-0.39, 0.29) is 24.0 Å². The van der Waals surface area contributed by atoms with Crippen LogP contribution < -0.4 is 10.5 Å². The highest BCUT2D eigenvalue weighted by Gasteiger charge is 2.00. The number of halogens is 1. The molecule has 1 aromatic rings. The van der Waals surface area contributed by atoms with E-state index in [4.69, 9.17) is 10.5 Å².